The zero-order valence-corrected chi connectivity index (χ0v) is 16.9. The zero-order valence-electron chi connectivity index (χ0n) is 16.1. The van der Waals surface area contributed by atoms with Crippen LogP contribution in [0.3, 0.4) is 0 Å². The summed E-state index contributed by atoms with van der Waals surface area (Å²) in [6, 6.07) is 22.4. The Morgan fingerprint density at radius 2 is 1.73 bits per heavy atom. The van der Waals surface area contributed by atoms with Gasteiger partial charge in [-0.05, 0) is 36.4 Å². The zero-order chi connectivity index (χ0) is 20.8. The molecule has 0 saturated carbocycles. The molecule has 0 radical (unpaired) electrons. The average Bonchev–Trinajstić information content (AvgIpc) is 3.27. The molecule has 0 aliphatic carbocycles. The van der Waals surface area contributed by atoms with E-state index in [9.17, 15) is 4.79 Å². The summed E-state index contributed by atoms with van der Waals surface area (Å²) < 4.78 is 5.33. The van der Waals surface area contributed by atoms with E-state index in [4.69, 9.17) is 16.1 Å². The summed E-state index contributed by atoms with van der Waals surface area (Å²) >= 11 is 6.01. The highest BCUT2D eigenvalue weighted by molar-refractivity contribution is 6.30. The number of nitrogens with zero attached hydrogens (tertiary/aromatic N) is 4. The highest BCUT2D eigenvalue weighted by Crippen LogP contribution is 2.22. The summed E-state index contributed by atoms with van der Waals surface area (Å²) in [7, 11) is 0. The number of amides is 1. The van der Waals surface area contributed by atoms with E-state index in [1.54, 1.807) is 23.2 Å². The van der Waals surface area contributed by atoms with Gasteiger partial charge in [0.1, 0.15) is 0 Å². The molecule has 0 bridgehead atoms. The van der Waals surface area contributed by atoms with Gasteiger partial charge in [-0.2, -0.15) is 4.98 Å². The SMILES string of the molecule is O=C(CCc1nc(-c2ccccc2)no1)N(Cc1ccccn1)c1ccc(Cl)cc1. The molecule has 0 fully saturated rings. The van der Waals surface area contributed by atoms with Gasteiger partial charge in [0, 0.05) is 35.3 Å². The summed E-state index contributed by atoms with van der Waals surface area (Å²) in [5.41, 5.74) is 2.42. The summed E-state index contributed by atoms with van der Waals surface area (Å²) in [5, 5.41) is 4.62. The first kappa shape index (κ1) is 19.8. The fourth-order valence-electron chi connectivity index (χ4n) is 3.01. The number of hydrogen-bond acceptors (Lipinski definition) is 5. The van der Waals surface area contributed by atoms with E-state index < -0.39 is 0 Å². The second-order valence-electron chi connectivity index (χ2n) is 6.66. The van der Waals surface area contributed by atoms with Crippen LogP contribution in [-0.2, 0) is 17.8 Å². The van der Waals surface area contributed by atoms with Gasteiger partial charge in [0.05, 0.1) is 12.2 Å². The van der Waals surface area contributed by atoms with Crippen LogP contribution < -0.4 is 4.90 Å². The second-order valence-corrected chi connectivity index (χ2v) is 7.09. The van der Waals surface area contributed by atoms with E-state index in [2.05, 4.69) is 15.1 Å². The predicted molar refractivity (Wildman–Crippen MR) is 115 cm³/mol. The van der Waals surface area contributed by atoms with Crippen molar-refractivity contribution in [1.82, 2.24) is 15.1 Å². The molecule has 2 aromatic carbocycles. The Morgan fingerprint density at radius 1 is 0.967 bits per heavy atom. The molecule has 0 saturated heterocycles. The van der Waals surface area contributed by atoms with Crippen molar-refractivity contribution >= 4 is 23.2 Å². The van der Waals surface area contributed by atoms with Gasteiger partial charge in [-0.3, -0.25) is 9.78 Å². The fraction of sp³-hybridized carbons (Fsp3) is 0.130. The highest BCUT2D eigenvalue weighted by Gasteiger charge is 2.18. The monoisotopic (exact) mass is 418 g/mol. The number of aromatic nitrogens is 3. The number of rotatable bonds is 7. The number of aryl methyl sites for hydroxylation is 1. The van der Waals surface area contributed by atoms with Gasteiger partial charge in [-0.25, -0.2) is 0 Å². The van der Waals surface area contributed by atoms with E-state index in [0.29, 0.717) is 29.7 Å². The summed E-state index contributed by atoms with van der Waals surface area (Å²) in [6.45, 7) is 0.362. The molecule has 2 aromatic heterocycles. The lowest BCUT2D eigenvalue weighted by Crippen LogP contribution is -2.31. The van der Waals surface area contributed by atoms with E-state index in [1.165, 1.54) is 0 Å². The molecule has 4 rings (SSSR count). The van der Waals surface area contributed by atoms with Crippen molar-refractivity contribution in [3.63, 3.8) is 0 Å². The first-order chi connectivity index (χ1) is 14.7. The number of carbonyl (C=O) groups excluding carboxylic acids is 1. The van der Waals surface area contributed by atoms with Crippen LogP contribution in [-0.4, -0.2) is 21.0 Å². The molecule has 7 heteroatoms. The average molecular weight is 419 g/mol. The summed E-state index contributed by atoms with van der Waals surface area (Å²) in [6.07, 6.45) is 2.29. The second kappa shape index (κ2) is 9.33. The molecule has 0 spiro atoms. The molecule has 4 aromatic rings. The Balaban J connectivity index is 1.48. The van der Waals surface area contributed by atoms with Crippen molar-refractivity contribution in [3.05, 3.63) is 95.6 Å². The van der Waals surface area contributed by atoms with Crippen molar-refractivity contribution in [1.29, 1.82) is 0 Å². The van der Waals surface area contributed by atoms with Crippen LogP contribution in [0.1, 0.15) is 18.0 Å². The highest BCUT2D eigenvalue weighted by atomic mass is 35.5. The molecule has 1 amide bonds. The molecule has 0 aliphatic rings. The Bertz CT molecular complexity index is 1100. The minimum absolute atomic E-state index is 0.0672. The smallest absolute Gasteiger partial charge is 0.227 e. The van der Waals surface area contributed by atoms with Gasteiger partial charge in [0.25, 0.3) is 0 Å². The third-order valence-corrected chi connectivity index (χ3v) is 4.79. The van der Waals surface area contributed by atoms with E-state index >= 15 is 0 Å². The number of hydrogen-bond donors (Lipinski definition) is 0. The summed E-state index contributed by atoms with van der Waals surface area (Å²) in [5.74, 6) is 0.875. The van der Waals surface area contributed by atoms with Gasteiger partial charge in [0.2, 0.25) is 17.6 Å². The third-order valence-electron chi connectivity index (χ3n) is 4.54. The normalized spacial score (nSPS) is 10.7. The van der Waals surface area contributed by atoms with Crippen molar-refractivity contribution in [2.24, 2.45) is 0 Å². The maximum Gasteiger partial charge on any atom is 0.227 e. The van der Waals surface area contributed by atoms with Gasteiger partial charge in [0.15, 0.2) is 0 Å². The van der Waals surface area contributed by atoms with Crippen LogP contribution in [0.15, 0.2) is 83.5 Å². The molecule has 0 aliphatic heterocycles. The molecule has 6 nitrogen and oxygen atoms in total. The number of anilines is 1. The Kier molecular flexibility index (Phi) is 6.15. The van der Waals surface area contributed by atoms with Crippen LogP contribution in [0, 0.1) is 0 Å². The molecule has 150 valence electrons. The molecule has 0 unspecified atom stereocenters. The van der Waals surface area contributed by atoms with E-state index in [0.717, 1.165) is 16.9 Å². The summed E-state index contributed by atoms with van der Waals surface area (Å²) in [4.78, 5) is 23.5. The Hall–Kier alpha value is -3.51. The van der Waals surface area contributed by atoms with Crippen LogP contribution in [0.25, 0.3) is 11.4 Å². The van der Waals surface area contributed by atoms with Crippen LogP contribution in [0.4, 0.5) is 5.69 Å². The van der Waals surface area contributed by atoms with Crippen LogP contribution in [0.5, 0.6) is 0 Å². The predicted octanol–water partition coefficient (Wildman–Crippen LogP) is 4.95. The Labute approximate surface area is 179 Å². The minimum Gasteiger partial charge on any atom is -0.339 e. The molecule has 0 atom stereocenters. The molecular weight excluding hydrogens is 400 g/mol. The van der Waals surface area contributed by atoms with Crippen molar-refractivity contribution < 1.29 is 9.32 Å². The van der Waals surface area contributed by atoms with Gasteiger partial charge >= 0.3 is 0 Å². The van der Waals surface area contributed by atoms with Crippen molar-refractivity contribution in [2.75, 3.05) is 4.90 Å². The number of halogens is 1. The number of benzene rings is 2. The standard InChI is InChI=1S/C23H19ClN4O2/c24-18-9-11-20(12-10-18)28(16-19-8-4-5-15-25-19)22(29)14-13-21-26-23(27-30-21)17-6-2-1-3-7-17/h1-12,15H,13-14,16H2. The minimum atomic E-state index is -0.0672. The van der Waals surface area contributed by atoms with Crippen molar-refractivity contribution in [2.45, 2.75) is 19.4 Å². The Morgan fingerprint density at radius 3 is 2.47 bits per heavy atom. The van der Waals surface area contributed by atoms with Crippen molar-refractivity contribution in [3.8, 4) is 11.4 Å². The number of carbonyl (C=O) groups is 1. The third kappa shape index (κ3) is 4.90. The largest absolute Gasteiger partial charge is 0.339 e. The first-order valence-corrected chi connectivity index (χ1v) is 9.91. The lowest BCUT2D eigenvalue weighted by atomic mass is 10.2. The lowest BCUT2D eigenvalue weighted by Gasteiger charge is -2.22. The molecular formula is C23H19ClN4O2. The number of pyridine rings is 1. The van der Waals surface area contributed by atoms with Crippen LogP contribution in [0.2, 0.25) is 5.02 Å². The van der Waals surface area contributed by atoms with E-state index in [-0.39, 0.29) is 12.3 Å². The molecule has 30 heavy (non-hydrogen) atoms. The molecule has 0 N–H and O–H groups in total. The van der Waals surface area contributed by atoms with Crippen LogP contribution >= 0.6 is 11.6 Å². The maximum atomic E-state index is 13.1. The topological polar surface area (TPSA) is 72.1 Å². The lowest BCUT2D eigenvalue weighted by molar-refractivity contribution is -0.118. The quantitative estimate of drug-likeness (QED) is 0.424. The van der Waals surface area contributed by atoms with Gasteiger partial charge in [-0.1, -0.05) is 53.2 Å². The maximum absolute atomic E-state index is 13.1. The van der Waals surface area contributed by atoms with Gasteiger partial charge < -0.3 is 9.42 Å². The van der Waals surface area contributed by atoms with E-state index in [1.807, 2.05) is 60.7 Å². The van der Waals surface area contributed by atoms with Gasteiger partial charge in [-0.15, -0.1) is 0 Å². The fourth-order valence-corrected chi connectivity index (χ4v) is 3.13. The first-order valence-electron chi connectivity index (χ1n) is 9.53. The molecule has 2 heterocycles.